The molecule has 12 heavy (non-hydrogen) atoms. The lowest BCUT2D eigenvalue weighted by Crippen LogP contribution is -1.89. The van der Waals surface area contributed by atoms with Crippen LogP contribution in [0, 0.1) is 10.1 Å². The Kier molecular flexibility index (Phi) is 1.74. The van der Waals surface area contributed by atoms with Gasteiger partial charge in [0.25, 0.3) is 0 Å². The van der Waals surface area contributed by atoms with E-state index in [1.54, 1.807) is 0 Å². The highest BCUT2D eigenvalue weighted by atomic mass is 16.6. The molecule has 0 amide bonds. The van der Waals surface area contributed by atoms with Crippen LogP contribution in [-0.2, 0) is 0 Å². The summed E-state index contributed by atoms with van der Waals surface area (Å²) in [6.45, 7) is 0. The van der Waals surface area contributed by atoms with Crippen LogP contribution < -0.4 is 0 Å². The SMILES string of the molecule is O=[N+]([O-])c1c(O)ccc(O)c1O. The molecule has 6 heteroatoms. The highest BCUT2D eigenvalue weighted by Gasteiger charge is 2.22. The number of nitrogens with zero attached hydrogens (tertiary/aromatic N) is 1. The maximum absolute atomic E-state index is 10.2. The molecule has 1 aromatic carbocycles. The predicted molar refractivity (Wildman–Crippen MR) is 38.1 cm³/mol. The van der Waals surface area contributed by atoms with Crippen LogP contribution in [0.4, 0.5) is 5.69 Å². The molecule has 0 aromatic heterocycles. The van der Waals surface area contributed by atoms with Crippen molar-refractivity contribution >= 4 is 5.69 Å². The highest BCUT2D eigenvalue weighted by Crippen LogP contribution is 2.41. The van der Waals surface area contributed by atoms with Gasteiger partial charge in [0, 0.05) is 0 Å². The molecular formula is C6H5NO5. The van der Waals surface area contributed by atoms with Gasteiger partial charge in [-0.05, 0) is 12.1 Å². The Bertz CT molecular complexity index is 335. The molecular weight excluding hydrogens is 166 g/mol. The quantitative estimate of drug-likeness (QED) is 0.250. The number of phenols is 3. The Morgan fingerprint density at radius 2 is 1.67 bits per heavy atom. The van der Waals surface area contributed by atoms with Gasteiger partial charge in [-0.15, -0.1) is 0 Å². The third kappa shape index (κ3) is 1.09. The first kappa shape index (κ1) is 8.12. The van der Waals surface area contributed by atoms with Gasteiger partial charge in [0.2, 0.25) is 5.75 Å². The maximum atomic E-state index is 10.2. The van der Waals surface area contributed by atoms with Crippen molar-refractivity contribution < 1.29 is 20.2 Å². The third-order valence-corrected chi connectivity index (χ3v) is 1.29. The molecule has 0 bridgehead atoms. The fraction of sp³-hybridized carbons (Fsp3) is 0. The topological polar surface area (TPSA) is 104 Å². The van der Waals surface area contributed by atoms with Gasteiger partial charge in [-0.1, -0.05) is 0 Å². The molecule has 0 fully saturated rings. The van der Waals surface area contributed by atoms with E-state index in [0.29, 0.717) is 0 Å². The molecule has 64 valence electrons. The zero-order valence-corrected chi connectivity index (χ0v) is 5.76. The summed E-state index contributed by atoms with van der Waals surface area (Å²) in [5.41, 5.74) is -0.894. The Hall–Kier alpha value is -1.98. The highest BCUT2D eigenvalue weighted by molar-refractivity contribution is 5.61. The molecule has 0 heterocycles. The van der Waals surface area contributed by atoms with E-state index in [0.717, 1.165) is 12.1 Å². The normalized spacial score (nSPS) is 9.67. The van der Waals surface area contributed by atoms with Crippen molar-refractivity contribution in [2.45, 2.75) is 0 Å². The van der Waals surface area contributed by atoms with Crippen molar-refractivity contribution in [3.63, 3.8) is 0 Å². The van der Waals surface area contributed by atoms with Gasteiger partial charge in [0.05, 0.1) is 4.92 Å². The molecule has 0 unspecified atom stereocenters. The first-order valence-electron chi connectivity index (χ1n) is 2.92. The predicted octanol–water partition coefficient (Wildman–Crippen LogP) is 0.712. The van der Waals surface area contributed by atoms with Gasteiger partial charge < -0.3 is 15.3 Å². The zero-order chi connectivity index (χ0) is 9.30. The number of phenolic OH excluding ortho intramolecular Hbond substituents is 3. The minimum absolute atomic E-state index is 0.639. The van der Waals surface area contributed by atoms with Crippen molar-refractivity contribution in [3.8, 4) is 17.2 Å². The fourth-order valence-corrected chi connectivity index (χ4v) is 0.738. The van der Waals surface area contributed by atoms with E-state index in [-0.39, 0.29) is 0 Å². The number of hydrogen-bond donors (Lipinski definition) is 3. The average molecular weight is 171 g/mol. The van der Waals surface area contributed by atoms with E-state index in [1.807, 2.05) is 0 Å². The molecule has 0 aliphatic carbocycles. The number of benzene rings is 1. The van der Waals surface area contributed by atoms with Crippen molar-refractivity contribution in [3.05, 3.63) is 22.2 Å². The summed E-state index contributed by atoms with van der Waals surface area (Å²) in [6, 6.07) is 1.88. The van der Waals surface area contributed by atoms with Crippen LogP contribution in [0.15, 0.2) is 12.1 Å². The van der Waals surface area contributed by atoms with Crippen LogP contribution in [-0.4, -0.2) is 20.2 Å². The molecule has 1 aromatic rings. The van der Waals surface area contributed by atoms with Gasteiger partial charge in [-0.2, -0.15) is 0 Å². The molecule has 0 radical (unpaired) electrons. The Balaban J connectivity index is 3.43. The lowest BCUT2D eigenvalue weighted by Gasteiger charge is -1.99. The average Bonchev–Trinajstić information content (AvgIpc) is 1.97. The summed E-state index contributed by atoms with van der Waals surface area (Å²) in [7, 11) is 0. The van der Waals surface area contributed by atoms with Crippen LogP contribution in [0.2, 0.25) is 0 Å². The number of hydrogen-bond acceptors (Lipinski definition) is 5. The van der Waals surface area contributed by atoms with E-state index in [2.05, 4.69) is 0 Å². The molecule has 0 spiro atoms. The molecule has 3 N–H and O–H groups in total. The zero-order valence-electron chi connectivity index (χ0n) is 5.76. The molecule has 0 aliphatic rings. The van der Waals surface area contributed by atoms with Crippen LogP contribution in [0.5, 0.6) is 17.2 Å². The second-order valence-corrected chi connectivity index (χ2v) is 2.06. The van der Waals surface area contributed by atoms with Crippen LogP contribution >= 0.6 is 0 Å². The van der Waals surface area contributed by atoms with Gasteiger partial charge in [0.15, 0.2) is 11.5 Å². The summed E-state index contributed by atoms with van der Waals surface area (Å²) in [5.74, 6) is -2.25. The standard InChI is InChI=1S/C6H5NO5/c8-3-1-2-4(9)6(10)5(3)7(11)12/h1-2,8-10H. The second-order valence-electron chi connectivity index (χ2n) is 2.06. The fourth-order valence-electron chi connectivity index (χ4n) is 0.738. The lowest BCUT2D eigenvalue weighted by atomic mass is 10.2. The number of aromatic hydroxyl groups is 3. The smallest absolute Gasteiger partial charge is 0.355 e. The maximum Gasteiger partial charge on any atom is 0.355 e. The van der Waals surface area contributed by atoms with E-state index in [1.165, 1.54) is 0 Å². The minimum Gasteiger partial charge on any atom is -0.504 e. The van der Waals surface area contributed by atoms with Gasteiger partial charge in [0.1, 0.15) is 0 Å². The van der Waals surface area contributed by atoms with Crippen molar-refractivity contribution in [2.24, 2.45) is 0 Å². The van der Waals surface area contributed by atoms with Crippen molar-refractivity contribution in [1.82, 2.24) is 0 Å². The van der Waals surface area contributed by atoms with Gasteiger partial charge in [-0.25, -0.2) is 0 Å². The Labute approximate surface area is 66.5 Å². The first-order valence-corrected chi connectivity index (χ1v) is 2.92. The summed E-state index contributed by atoms with van der Waals surface area (Å²) in [5, 5.41) is 36.7. The molecule has 0 saturated heterocycles. The number of rotatable bonds is 1. The lowest BCUT2D eigenvalue weighted by molar-refractivity contribution is -0.387. The van der Waals surface area contributed by atoms with E-state index >= 15 is 0 Å². The van der Waals surface area contributed by atoms with E-state index < -0.39 is 27.9 Å². The summed E-state index contributed by atoms with van der Waals surface area (Å²) >= 11 is 0. The van der Waals surface area contributed by atoms with Crippen LogP contribution in [0.1, 0.15) is 0 Å². The Morgan fingerprint density at radius 1 is 1.17 bits per heavy atom. The molecule has 0 aliphatic heterocycles. The third-order valence-electron chi connectivity index (χ3n) is 1.29. The minimum atomic E-state index is -0.982. The van der Waals surface area contributed by atoms with Crippen LogP contribution in [0.25, 0.3) is 0 Å². The molecule has 0 atom stereocenters. The van der Waals surface area contributed by atoms with Gasteiger partial charge >= 0.3 is 5.69 Å². The summed E-state index contributed by atoms with van der Waals surface area (Å²) in [6.07, 6.45) is 0. The molecule has 0 saturated carbocycles. The number of nitro groups is 1. The number of nitro benzene ring substituents is 1. The molecule has 1 rings (SSSR count). The van der Waals surface area contributed by atoms with Gasteiger partial charge in [-0.3, -0.25) is 10.1 Å². The monoisotopic (exact) mass is 171 g/mol. The van der Waals surface area contributed by atoms with Crippen molar-refractivity contribution in [2.75, 3.05) is 0 Å². The Morgan fingerprint density at radius 3 is 2.08 bits per heavy atom. The summed E-state index contributed by atoms with van der Waals surface area (Å²) in [4.78, 5) is 9.19. The summed E-state index contributed by atoms with van der Waals surface area (Å²) < 4.78 is 0. The second kappa shape index (κ2) is 2.57. The largest absolute Gasteiger partial charge is 0.504 e. The van der Waals surface area contributed by atoms with Crippen molar-refractivity contribution in [1.29, 1.82) is 0 Å². The van der Waals surface area contributed by atoms with E-state index in [9.17, 15) is 10.1 Å². The van der Waals surface area contributed by atoms with Crippen LogP contribution in [0.3, 0.4) is 0 Å². The molecule has 6 nitrogen and oxygen atoms in total. The van der Waals surface area contributed by atoms with E-state index in [4.69, 9.17) is 15.3 Å². The first-order chi connectivity index (χ1) is 5.54.